The van der Waals surface area contributed by atoms with E-state index in [-0.39, 0.29) is 18.4 Å². The van der Waals surface area contributed by atoms with E-state index in [1.807, 2.05) is 20.8 Å². The van der Waals surface area contributed by atoms with Crippen molar-refractivity contribution >= 4 is 11.9 Å². The van der Waals surface area contributed by atoms with Gasteiger partial charge in [-0.05, 0) is 54.8 Å². The van der Waals surface area contributed by atoms with Gasteiger partial charge in [-0.15, -0.1) is 0 Å². The van der Waals surface area contributed by atoms with Gasteiger partial charge < -0.3 is 24.3 Å². The Hall–Kier alpha value is -3.22. The quantitative estimate of drug-likeness (QED) is 0.597. The van der Waals surface area contributed by atoms with Crippen molar-refractivity contribution in [3.8, 4) is 17.2 Å². The van der Waals surface area contributed by atoms with Gasteiger partial charge in [-0.25, -0.2) is 4.79 Å². The molecular formula is C23H29NO6. The molecule has 1 N–H and O–H groups in total. The molecule has 0 aromatic heterocycles. The van der Waals surface area contributed by atoms with Crippen LogP contribution in [0.2, 0.25) is 0 Å². The predicted molar refractivity (Wildman–Crippen MR) is 113 cm³/mol. The summed E-state index contributed by atoms with van der Waals surface area (Å²) in [4.78, 5) is 25.2. The van der Waals surface area contributed by atoms with Crippen LogP contribution in [-0.2, 0) is 16.1 Å². The van der Waals surface area contributed by atoms with Gasteiger partial charge in [-0.3, -0.25) is 4.79 Å². The average molecular weight is 415 g/mol. The molecule has 0 aliphatic carbocycles. The summed E-state index contributed by atoms with van der Waals surface area (Å²) in [5, 5.41) is 2.76. The normalized spacial score (nSPS) is 11.5. The molecule has 0 aliphatic rings. The highest BCUT2D eigenvalue weighted by Gasteiger charge is 2.26. The molecule has 162 valence electrons. The molecule has 2 aromatic rings. The van der Waals surface area contributed by atoms with E-state index < -0.39 is 12.0 Å². The summed E-state index contributed by atoms with van der Waals surface area (Å²) in [7, 11) is 3.09. The maximum absolute atomic E-state index is 12.6. The topological polar surface area (TPSA) is 83.1 Å². The molecule has 0 unspecified atom stereocenters. The minimum Gasteiger partial charge on any atom is -0.494 e. The lowest BCUT2D eigenvalue weighted by Gasteiger charge is -2.21. The van der Waals surface area contributed by atoms with E-state index in [0.717, 1.165) is 5.56 Å². The lowest BCUT2D eigenvalue weighted by atomic mass is 10.0. The second-order valence-electron chi connectivity index (χ2n) is 6.95. The van der Waals surface area contributed by atoms with Gasteiger partial charge in [-0.2, -0.15) is 0 Å². The van der Waals surface area contributed by atoms with E-state index in [4.69, 9.17) is 18.9 Å². The monoisotopic (exact) mass is 415 g/mol. The average Bonchev–Trinajstić information content (AvgIpc) is 2.75. The zero-order valence-corrected chi connectivity index (χ0v) is 18.1. The third kappa shape index (κ3) is 6.14. The summed E-state index contributed by atoms with van der Waals surface area (Å²) in [5.74, 6) is 0.836. The molecular weight excluding hydrogens is 386 g/mol. The number of ether oxygens (including phenoxy) is 4. The first-order valence-electron chi connectivity index (χ1n) is 9.80. The van der Waals surface area contributed by atoms with Crippen molar-refractivity contribution in [3.63, 3.8) is 0 Å². The van der Waals surface area contributed by atoms with E-state index in [1.165, 1.54) is 0 Å². The van der Waals surface area contributed by atoms with Crippen LogP contribution in [0.4, 0.5) is 0 Å². The molecule has 0 heterocycles. The zero-order chi connectivity index (χ0) is 22.1. The fourth-order valence-corrected chi connectivity index (χ4v) is 2.81. The summed E-state index contributed by atoms with van der Waals surface area (Å²) >= 11 is 0. The maximum Gasteiger partial charge on any atom is 0.329 e. The van der Waals surface area contributed by atoms with Crippen LogP contribution in [0.5, 0.6) is 17.2 Å². The Kier molecular flexibility index (Phi) is 8.53. The van der Waals surface area contributed by atoms with Crippen LogP contribution in [0.1, 0.15) is 36.7 Å². The van der Waals surface area contributed by atoms with Crippen LogP contribution in [0.3, 0.4) is 0 Å². The number of benzene rings is 2. The Balaban J connectivity index is 2.01. The summed E-state index contributed by atoms with van der Waals surface area (Å²) in [6, 6.07) is 11.3. The first-order chi connectivity index (χ1) is 14.4. The number of nitrogens with one attached hydrogen (secondary N) is 1. The van der Waals surface area contributed by atoms with Gasteiger partial charge in [0.25, 0.3) is 5.91 Å². The van der Waals surface area contributed by atoms with Crippen molar-refractivity contribution in [2.75, 3.05) is 20.8 Å². The van der Waals surface area contributed by atoms with Crippen molar-refractivity contribution in [2.24, 2.45) is 5.92 Å². The lowest BCUT2D eigenvalue weighted by molar-refractivity contribution is -0.148. The Labute approximate surface area is 177 Å². The maximum atomic E-state index is 12.6. The molecule has 0 bridgehead atoms. The standard InChI is InChI=1S/C23H29NO6/c1-6-29-18-10-8-17(9-11-18)22(25)24-21(15(2)3)23(26)30-14-16-7-12-19(27-4)20(13-16)28-5/h7-13,15,21H,6,14H2,1-5H3,(H,24,25)/t21-/m0/s1. The number of carbonyl (C=O) groups excluding carboxylic acids is 2. The Morgan fingerprint density at radius 2 is 1.63 bits per heavy atom. The first kappa shape index (κ1) is 23.1. The Morgan fingerprint density at radius 3 is 2.20 bits per heavy atom. The predicted octanol–water partition coefficient (Wildman–Crippen LogP) is 3.60. The molecule has 0 saturated carbocycles. The molecule has 0 radical (unpaired) electrons. The first-order valence-corrected chi connectivity index (χ1v) is 9.80. The third-order valence-electron chi connectivity index (χ3n) is 4.46. The van der Waals surface area contributed by atoms with Crippen LogP contribution in [0.25, 0.3) is 0 Å². The molecule has 1 amide bonds. The highest BCUT2D eigenvalue weighted by atomic mass is 16.5. The lowest BCUT2D eigenvalue weighted by Crippen LogP contribution is -2.45. The number of amides is 1. The molecule has 0 saturated heterocycles. The highest BCUT2D eigenvalue weighted by Crippen LogP contribution is 2.27. The van der Waals surface area contributed by atoms with Gasteiger partial charge >= 0.3 is 5.97 Å². The van der Waals surface area contributed by atoms with Crippen molar-refractivity contribution in [3.05, 3.63) is 53.6 Å². The molecule has 7 heteroatoms. The smallest absolute Gasteiger partial charge is 0.329 e. The van der Waals surface area contributed by atoms with Gasteiger partial charge in [0.05, 0.1) is 20.8 Å². The van der Waals surface area contributed by atoms with E-state index >= 15 is 0 Å². The van der Waals surface area contributed by atoms with Crippen molar-refractivity contribution in [1.29, 1.82) is 0 Å². The molecule has 0 aliphatic heterocycles. The van der Waals surface area contributed by atoms with Gasteiger partial charge in [0.15, 0.2) is 11.5 Å². The van der Waals surface area contributed by atoms with E-state index in [2.05, 4.69) is 5.32 Å². The summed E-state index contributed by atoms with van der Waals surface area (Å²) in [6.45, 7) is 6.19. The molecule has 1 atom stereocenters. The highest BCUT2D eigenvalue weighted by molar-refractivity contribution is 5.96. The molecule has 2 rings (SSSR count). The van der Waals surface area contributed by atoms with Crippen molar-refractivity contribution < 1.29 is 28.5 Å². The molecule has 30 heavy (non-hydrogen) atoms. The third-order valence-corrected chi connectivity index (χ3v) is 4.46. The van der Waals surface area contributed by atoms with Gasteiger partial charge in [0.2, 0.25) is 0 Å². The number of rotatable bonds is 10. The second-order valence-corrected chi connectivity index (χ2v) is 6.95. The number of esters is 1. The van der Waals surface area contributed by atoms with Crippen LogP contribution in [-0.4, -0.2) is 38.7 Å². The largest absolute Gasteiger partial charge is 0.494 e. The summed E-state index contributed by atoms with van der Waals surface area (Å²) < 4.78 is 21.3. The minimum absolute atomic E-state index is 0.0569. The number of hydrogen-bond acceptors (Lipinski definition) is 6. The Morgan fingerprint density at radius 1 is 0.967 bits per heavy atom. The van der Waals surface area contributed by atoms with E-state index in [9.17, 15) is 9.59 Å². The molecule has 0 spiro atoms. The SMILES string of the molecule is CCOc1ccc(C(=O)N[C@H](C(=O)OCc2ccc(OC)c(OC)c2)C(C)C)cc1. The molecule has 0 fully saturated rings. The van der Waals surface area contributed by atoms with Crippen LogP contribution in [0.15, 0.2) is 42.5 Å². The molecule has 7 nitrogen and oxygen atoms in total. The Bertz CT molecular complexity index is 847. The number of hydrogen-bond donors (Lipinski definition) is 1. The van der Waals surface area contributed by atoms with Gasteiger partial charge in [0, 0.05) is 5.56 Å². The zero-order valence-electron chi connectivity index (χ0n) is 18.1. The van der Waals surface area contributed by atoms with Crippen molar-refractivity contribution in [1.82, 2.24) is 5.32 Å². The fraction of sp³-hybridized carbons (Fsp3) is 0.391. The minimum atomic E-state index is -0.774. The van der Waals surface area contributed by atoms with E-state index in [1.54, 1.807) is 56.7 Å². The molecule has 2 aromatic carbocycles. The summed E-state index contributed by atoms with van der Waals surface area (Å²) in [5.41, 5.74) is 1.19. The van der Waals surface area contributed by atoms with Gasteiger partial charge in [-0.1, -0.05) is 19.9 Å². The van der Waals surface area contributed by atoms with Crippen LogP contribution >= 0.6 is 0 Å². The van der Waals surface area contributed by atoms with Crippen LogP contribution in [0, 0.1) is 5.92 Å². The van der Waals surface area contributed by atoms with E-state index in [0.29, 0.717) is 29.4 Å². The number of methoxy groups -OCH3 is 2. The van der Waals surface area contributed by atoms with Crippen LogP contribution < -0.4 is 19.5 Å². The van der Waals surface area contributed by atoms with Crippen molar-refractivity contribution in [2.45, 2.75) is 33.4 Å². The second kappa shape index (κ2) is 11.1. The fourth-order valence-electron chi connectivity index (χ4n) is 2.81. The number of carbonyl (C=O) groups is 2. The summed E-state index contributed by atoms with van der Waals surface area (Å²) in [6.07, 6.45) is 0. The van der Waals surface area contributed by atoms with Gasteiger partial charge in [0.1, 0.15) is 18.4 Å².